The lowest BCUT2D eigenvalue weighted by Crippen LogP contribution is -1.97. The molecule has 9 nitrogen and oxygen atoms in total. The fraction of sp³-hybridized carbons (Fsp3) is 0.200. The lowest BCUT2D eigenvalue weighted by molar-refractivity contribution is -0.384. The number of benzene rings is 1. The second-order valence-corrected chi connectivity index (χ2v) is 6.03. The van der Waals surface area contributed by atoms with Gasteiger partial charge in [0.05, 0.1) is 11.1 Å². The second kappa shape index (κ2) is 6.06. The zero-order valence-electron chi connectivity index (χ0n) is 13.0. The van der Waals surface area contributed by atoms with Gasteiger partial charge in [-0.1, -0.05) is 12.1 Å². The predicted molar refractivity (Wildman–Crippen MR) is 93.1 cm³/mol. The van der Waals surface area contributed by atoms with Crippen LogP contribution in [0.4, 0.5) is 5.69 Å². The zero-order valence-corrected chi connectivity index (χ0v) is 13.8. The molecule has 0 aliphatic heterocycles. The quantitative estimate of drug-likeness (QED) is 0.323. The van der Waals surface area contributed by atoms with E-state index >= 15 is 0 Å². The summed E-state index contributed by atoms with van der Waals surface area (Å²) in [5, 5.41) is 29.5. The van der Waals surface area contributed by atoms with Crippen LogP contribution < -0.4 is 0 Å². The van der Waals surface area contributed by atoms with Crippen molar-refractivity contribution in [1.82, 2.24) is 25.1 Å². The first-order valence-electron chi connectivity index (χ1n) is 7.66. The SMILES string of the molecule is O=[N+]([O-])c1cccc(/C=N/n2c(-c3n[nH]c4c3CCC4)n[nH]c2=S)c1. The Hall–Kier alpha value is -3.14. The number of fused-ring (bicyclic) bond motifs is 1. The maximum Gasteiger partial charge on any atom is 0.270 e. The number of aromatic nitrogens is 5. The van der Waals surface area contributed by atoms with E-state index in [4.69, 9.17) is 12.2 Å². The Morgan fingerprint density at radius 1 is 1.32 bits per heavy atom. The normalized spacial score (nSPS) is 13.4. The van der Waals surface area contributed by atoms with Crippen LogP contribution in [0.5, 0.6) is 0 Å². The van der Waals surface area contributed by atoms with Crippen LogP contribution >= 0.6 is 12.2 Å². The number of nitro benzene ring substituents is 1. The molecule has 0 atom stereocenters. The number of hydrogen-bond donors (Lipinski definition) is 2. The summed E-state index contributed by atoms with van der Waals surface area (Å²) in [6, 6.07) is 6.21. The summed E-state index contributed by atoms with van der Waals surface area (Å²) in [6.45, 7) is 0. The lowest BCUT2D eigenvalue weighted by atomic mass is 10.2. The molecule has 1 aromatic carbocycles. The molecule has 2 N–H and O–H groups in total. The van der Waals surface area contributed by atoms with E-state index in [1.54, 1.807) is 12.1 Å². The van der Waals surface area contributed by atoms with Crippen LogP contribution in [0.1, 0.15) is 23.2 Å². The Bertz CT molecular complexity index is 1050. The van der Waals surface area contributed by atoms with Gasteiger partial charge in [-0.3, -0.25) is 15.2 Å². The van der Waals surface area contributed by atoms with Gasteiger partial charge >= 0.3 is 0 Å². The summed E-state index contributed by atoms with van der Waals surface area (Å²) >= 11 is 5.24. The summed E-state index contributed by atoms with van der Waals surface area (Å²) < 4.78 is 1.80. The van der Waals surface area contributed by atoms with Crippen LogP contribution in [0.2, 0.25) is 0 Å². The van der Waals surface area contributed by atoms with Crippen LogP contribution in [-0.2, 0) is 12.8 Å². The van der Waals surface area contributed by atoms with E-state index < -0.39 is 4.92 Å². The molecular formula is C15H13N7O2S. The van der Waals surface area contributed by atoms with Gasteiger partial charge < -0.3 is 0 Å². The number of aryl methyl sites for hydroxylation is 1. The molecule has 0 fully saturated rings. The smallest absolute Gasteiger partial charge is 0.270 e. The highest BCUT2D eigenvalue weighted by atomic mass is 32.1. The largest absolute Gasteiger partial charge is 0.282 e. The van der Waals surface area contributed by atoms with Crippen LogP contribution in [-0.4, -0.2) is 36.2 Å². The summed E-state index contributed by atoms with van der Waals surface area (Å²) in [5.74, 6) is 0.520. The first kappa shape index (κ1) is 15.4. The first-order chi connectivity index (χ1) is 12.1. The molecule has 126 valence electrons. The molecule has 25 heavy (non-hydrogen) atoms. The average molecular weight is 355 g/mol. The number of nitrogens with one attached hydrogen (secondary N) is 2. The molecule has 0 bridgehead atoms. The fourth-order valence-corrected chi connectivity index (χ4v) is 3.08. The second-order valence-electron chi connectivity index (χ2n) is 5.64. The van der Waals surface area contributed by atoms with Crippen molar-refractivity contribution in [3.8, 4) is 11.5 Å². The molecule has 0 spiro atoms. The molecule has 0 saturated carbocycles. The zero-order chi connectivity index (χ0) is 17.4. The molecule has 1 aliphatic carbocycles. The monoisotopic (exact) mass is 355 g/mol. The average Bonchev–Trinajstić information content (AvgIpc) is 3.29. The molecule has 3 aromatic rings. The van der Waals surface area contributed by atoms with Gasteiger partial charge in [0, 0.05) is 29.0 Å². The third-order valence-electron chi connectivity index (χ3n) is 4.07. The van der Waals surface area contributed by atoms with Crippen molar-refractivity contribution in [2.24, 2.45) is 5.10 Å². The third-order valence-corrected chi connectivity index (χ3v) is 4.34. The Labute approximate surface area is 146 Å². The first-order valence-corrected chi connectivity index (χ1v) is 8.07. The highest BCUT2D eigenvalue weighted by Crippen LogP contribution is 2.29. The topological polar surface area (TPSA) is 118 Å². The van der Waals surface area contributed by atoms with Gasteiger partial charge in [0.25, 0.3) is 5.69 Å². The molecule has 10 heteroatoms. The van der Waals surface area contributed by atoms with Gasteiger partial charge in [-0.2, -0.15) is 20.0 Å². The summed E-state index contributed by atoms with van der Waals surface area (Å²) in [6.07, 6.45) is 4.51. The molecule has 0 amide bonds. The summed E-state index contributed by atoms with van der Waals surface area (Å²) in [4.78, 5) is 10.4. The highest BCUT2D eigenvalue weighted by molar-refractivity contribution is 7.71. The van der Waals surface area contributed by atoms with Crippen molar-refractivity contribution in [1.29, 1.82) is 0 Å². The van der Waals surface area contributed by atoms with Crippen molar-refractivity contribution in [3.05, 3.63) is 56.0 Å². The van der Waals surface area contributed by atoms with E-state index in [0.29, 0.717) is 16.2 Å². The molecular weight excluding hydrogens is 342 g/mol. The van der Waals surface area contributed by atoms with Crippen molar-refractivity contribution in [3.63, 3.8) is 0 Å². The van der Waals surface area contributed by atoms with E-state index in [2.05, 4.69) is 25.5 Å². The molecule has 1 aliphatic rings. The van der Waals surface area contributed by atoms with Crippen molar-refractivity contribution in [2.45, 2.75) is 19.3 Å². The summed E-state index contributed by atoms with van der Waals surface area (Å²) in [5.41, 5.74) is 3.59. The molecule has 0 saturated heterocycles. The number of nitrogens with zero attached hydrogens (tertiary/aromatic N) is 5. The van der Waals surface area contributed by atoms with Crippen molar-refractivity contribution in [2.75, 3.05) is 0 Å². The van der Waals surface area contributed by atoms with E-state index in [-0.39, 0.29) is 5.69 Å². The fourth-order valence-electron chi connectivity index (χ4n) is 2.90. The lowest BCUT2D eigenvalue weighted by Gasteiger charge is -2.00. The standard InChI is InChI=1S/C15H13N7O2S/c23-22(24)10-4-1-3-9(7-10)8-16-21-14(19-20-15(21)25)13-11-5-2-6-12(11)17-18-13/h1,3-4,7-8H,2,5-6H2,(H,17,18)(H,20,25)/b16-8+. The molecule has 4 rings (SSSR count). The minimum absolute atomic E-state index is 0.00471. The van der Waals surface area contributed by atoms with Crippen LogP contribution in [0.15, 0.2) is 29.4 Å². The molecule has 2 aromatic heterocycles. The Kier molecular flexibility index (Phi) is 3.73. The van der Waals surface area contributed by atoms with Crippen LogP contribution in [0, 0.1) is 14.9 Å². The van der Waals surface area contributed by atoms with Gasteiger partial charge in [0.15, 0.2) is 0 Å². The van der Waals surface area contributed by atoms with Gasteiger partial charge in [-0.05, 0) is 31.5 Å². The van der Waals surface area contributed by atoms with Crippen LogP contribution in [0.3, 0.4) is 0 Å². The maximum absolute atomic E-state index is 10.9. The number of rotatable bonds is 4. The molecule has 0 radical (unpaired) electrons. The van der Waals surface area contributed by atoms with E-state index in [1.807, 2.05) is 0 Å². The number of nitro groups is 1. The van der Waals surface area contributed by atoms with Gasteiger partial charge in [0.2, 0.25) is 10.6 Å². The van der Waals surface area contributed by atoms with Gasteiger partial charge in [-0.25, -0.2) is 5.10 Å². The maximum atomic E-state index is 10.9. The Balaban J connectivity index is 1.72. The Morgan fingerprint density at radius 2 is 2.20 bits per heavy atom. The van der Waals surface area contributed by atoms with E-state index in [1.165, 1.54) is 23.0 Å². The highest BCUT2D eigenvalue weighted by Gasteiger charge is 2.23. The minimum atomic E-state index is -0.445. The third kappa shape index (κ3) is 2.76. The predicted octanol–water partition coefficient (Wildman–Crippen LogP) is 2.61. The molecule has 2 heterocycles. The summed E-state index contributed by atoms with van der Waals surface area (Å²) in [7, 11) is 0. The number of H-pyrrole nitrogens is 2. The number of hydrogen-bond acceptors (Lipinski definition) is 6. The number of non-ortho nitro benzene ring substituents is 1. The van der Waals surface area contributed by atoms with E-state index in [0.717, 1.165) is 36.2 Å². The van der Waals surface area contributed by atoms with Gasteiger partial charge in [0.1, 0.15) is 5.69 Å². The Morgan fingerprint density at radius 3 is 3.04 bits per heavy atom. The number of aromatic amines is 2. The molecule has 0 unspecified atom stereocenters. The van der Waals surface area contributed by atoms with Gasteiger partial charge in [-0.15, -0.1) is 0 Å². The van der Waals surface area contributed by atoms with Crippen molar-refractivity contribution < 1.29 is 4.92 Å². The van der Waals surface area contributed by atoms with E-state index in [9.17, 15) is 10.1 Å². The minimum Gasteiger partial charge on any atom is -0.282 e. The van der Waals surface area contributed by atoms with Crippen LogP contribution in [0.25, 0.3) is 11.5 Å². The van der Waals surface area contributed by atoms with Crippen molar-refractivity contribution >= 4 is 24.1 Å².